The van der Waals surface area contributed by atoms with E-state index in [0.717, 1.165) is 42.8 Å². The van der Waals surface area contributed by atoms with Gasteiger partial charge in [0.1, 0.15) is 5.82 Å². The van der Waals surface area contributed by atoms with Crippen LogP contribution in [0.25, 0.3) is 11.4 Å². The summed E-state index contributed by atoms with van der Waals surface area (Å²) < 4.78 is 5.68. The van der Waals surface area contributed by atoms with Crippen LogP contribution in [0.1, 0.15) is 56.9 Å². The van der Waals surface area contributed by atoms with Crippen LogP contribution in [0.3, 0.4) is 0 Å². The third-order valence-corrected chi connectivity index (χ3v) is 6.00. The summed E-state index contributed by atoms with van der Waals surface area (Å²) in [5, 5.41) is 4.28. The zero-order valence-electron chi connectivity index (χ0n) is 14.6. The second-order valence-corrected chi connectivity index (χ2v) is 7.53. The summed E-state index contributed by atoms with van der Waals surface area (Å²) in [5.74, 6) is 2.51. The van der Waals surface area contributed by atoms with Crippen LogP contribution in [0.15, 0.2) is 22.9 Å². The van der Waals surface area contributed by atoms with E-state index in [1.54, 1.807) is 0 Å². The fraction of sp³-hybridized carbons (Fsp3) is 0.632. The number of rotatable bonds is 4. The van der Waals surface area contributed by atoms with Crippen molar-refractivity contribution in [1.82, 2.24) is 20.0 Å². The summed E-state index contributed by atoms with van der Waals surface area (Å²) in [4.78, 5) is 14.2. The molecule has 1 saturated carbocycles. The van der Waals surface area contributed by atoms with Crippen LogP contribution in [0.5, 0.6) is 0 Å². The number of nitrogens with zero attached hydrogens (tertiary/aromatic N) is 5. The Kier molecular flexibility index (Phi) is 3.93. The van der Waals surface area contributed by atoms with Crippen LogP contribution in [0, 0.1) is 0 Å². The molecule has 0 N–H and O–H groups in total. The van der Waals surface area contributed by atoms with E-state index >= 15 is 0 Å². The average Bonchev–Trinajstić information content (AvgIpc) is 3.34. The highest BCUT2D eigenvalue weighted by Gasteiger charge is 2.37. The van der Waals surface area contributed by atoms with Crippen molar-refractivity contribution in [3.05, 3.63) is 24.2 Å². The highest BCUT2D eigenvalue weighted by Crippen LogP contribution is 2.39. The van der Waals surface area contributed by atoms with Crippen molar-refractivity contribution in [2.45, 2.75) is 57.0 Å². The first-order valence-electron chi connectivity index (χ1n) is 9.69. The van der Waals surface area contributed by atoms with Gasteiger partial charge in [0.15, 0.2) is 0 Å². The quantitative estimate of drug-likeness (QED) is 0.851. The molecule has 3 fully saturated rings. The number of hydrogen-bond acceptors (Lipinski definition) is 6. The van der Waals surface area contributed by atoms with Crippen molar-refractivity contribution < 1.29 is 4.52 Å². The molecule has 3 aliphatic rings. The van der Waals surface area contributed by atoms with Gasteiger partial charge in [0.2, 0.25) is 11.7 Å². The number of pyridine rings is 1. The molecule has 5 rings (SSSR count). The normalized spacial score (nSPS) is 24.8. The van der Waals surface area contributed by atoms with Gasteiger partial charge in [0, 0.05) is 30.9 Å². The average molecular weight is 339 g/mol. The van der Waals surface area contributed by atoms with Gasteiger partial charge in [0.25, 0.3) is 0 Å². The summed E-state index contributed by atoms with van der Waals surface area (Å²) in [7, 11) is 0. The van der Waals surface area contributed by atoms with Crippen molar-refractivity contribution in [3.8, 4) is 11.4 Å². The third kappa shape index (κ3) is 2.82. The molecule has 6 heteroatoms. The molecule has 1 atom stereocenters. The van der Waals surface area contributed by atoms with Crippen LogP contribution < -0.4 is 4.90 Å². The van der Waals surface area contributed by atoms with Crippen molar-refractivity contribution in [3.63, 3.8) is 0 Å². The third-order valence-electron chi connectivity index (χ3n) is 6.00. The van der Waals surface area contributed by atoms with Gasteiger partial charge < -0.3 is 9.42 Å². The summed E-state index contributed by atoms with van der Waals surface area (Å²) in [6.07, 6.45) is 10.7. The smallest absolute Gasteiger partial charge is 0.244 e. The lowest BCUT2D eigenvalue weighted by Crippen LogP contribution is -2.39. The first-order valence-corrected chi connectivity index (χ1v) is 9.69. The standard InChI is InChI=1S/C19H25N5O/c1-2-11-23(10-1)17-13-14(8-9-20-17)18-21-19(25-22-18)16-7-4-12-24(16)15-5-3-6-15/h8-9,13,15-16H,1-7,10-12H2/t16-/m0/s1. The Balaban J connectivity index is 1.38. The van der Waals surface area contributed by atoms with E-state index in [1.165, 1.54) is 45.1 Å². The fourth-order valence-electron chi connectivity index (χ4n) is 4.37. The SMILES string of the molecule is c1cc(-c2noc([C@@H]3CCCN3C3CCC3)n2)cc(N2CCCC2)n1. The molecule has 2 aromatic heterocycles. The summed E-state index contributed by atoms with van der Waals surface area (Å²) in [6, 6.07) is 5.11. The van der Waals surface area contributed by atoms with Gasteiger partial charge in [0.05, 0.1) is 6.04 Å². The molecular weight excluding hydrogens is 314 g/mol. The zero-order chi connectivity index (χ0) is 16.6. The van der Waals surface area contributed by atoms with Gasteiger partial charge in [-0.1, -0.05) is 11.6 Å². The predicted molar refractivity (Wildman–Crippen MR) is 95.3 cm³/mol. The van der Waals surface area contributed by atoms with Crippen molar-refractivity contribution >= 4 is 5.82 Å². The number of anilines is 1. The molecular formula is C19H25N5O. The lowest BCUT2D eigenvalue weighted by atomic mass is 9.91. The Bertz CT molecular complexity index is 735. The van der Waals surface area contributed by atoms with E-state index in [9.17, 15) is 0 Å². The number of hydrogen-bond donors (Lipinski definition) is 0. The lowest BCUT2D eigenvalue weighted by molar-refractivity contribution is 0.0966. The van der Waals surface area contributed by atoms with Gasteiger partial charge in [-0.25, -0.2) is 4.98 Å². The molecule has 0 unspecified atom stereocenters. The van der Waals surface area contributed by atoms with E-state index in [2.05, 4.69) is 26.0 Å². The van der Waals surface area contributed by atoms with E-state index in [4.69, 9.17) is 9.51 Å². The van der Waals surface area contributed by atoms with Gasteiger partial charge in [-0.2, -0.15) is 4.98 Å². The largest absolute Gasteiger partial charge is 0.357 e. The summed E-state index contributed by atoms with van der Waals surface area (Å²) in [6.45, 7) is 3.35. The van der Waals surface area contributed by atoms with Crippen LogP contribution in [0.2, 0.25) is 0 Å². The molecule has 2 aliphatic heterocycles. The molecule has 2 saturated heterocycles. The summed E-state index contributed by atoms with van der Waals surface area (Å²) >= 11 is 0. The Morgan fingerprint density at radius 1 is 1.00 bits per heavy atom. The maximum Gasteiger partial charge on any atom is 0.244 e. The highest BCUT2D eigenvalue weighted by atomic mass is 16.5. The van der Waals surface area contributed by atoms with Crippen LogP contribution in [-0.4, -0.2) is 45.7 Å². The van der Waals surface area contributed by atoms with Gasteiger partial charge in [-0.05, 0) is 57.2 Å². The fourth-order valence-corrected chi connectivity index (χ4v) is 4.37. The molecule has 6 nitrogen and oxygen atoms in total. The van der Waals surface area contributed by atoms with Crippen molar-refractivity contribution in [2.24, 2.45) is 0 Å². The predicted octanol–water partition coefficient (Wildman–Crippen LogP) is 3.42. The molecule has 4 heterocycles. The Hall–Kier alpha value is -1.95. The minimum Gasteiger partial charge on any atom is -0.357 e. The topological polar surface area (TPSA) is 58.3 Å². The molecule has 132 valence electrons. The molecule has 0 bridgehead atoms. The van der Waals surface area contributed by atoms with Gasteiger partial charge in [-0.15, -0.1) is 0 Å². The van der Waals surface area contributed by atoms with E-state index in [0.29, 0.717) is 11.9 Å². The Labute approximate surface area is 148 Å². The molecule has 25 heavy (non-hydrogen) atoms. The number of likely N-dealkylation sites (tertiary alicyclic amines) is 1. The van der Waals surface area contributed by atoms with Gasteiger partial charge >= 0.3 is 0 Å². The Morgan fingerprint density at radius 2 is 1.88 bits per heavy atom. The second-order valence-electron chi connectivity index (χ2n) is 7.53. The minimum atomic E-state index is 0.312. The lowest BCUT2D eigenvalue weighted by Gasteiger charge is -2.37. The Morgan fingerprint density at radius 3 is 2.68 bits per heavy atom. The molecule has 1 aliphatic carbocycles. The highest BCUT2D eigenvalue weighted by molar-refractivity contribution is 5.59. The van der Waals surface area contributed by atoms with E-state index < -0.39 is 0 Å². The van der Waals surface area contributed by atoms with Crippen molar-refractivity contribution in [1.29, 1.82) is 0 Å². The first-order chi connectivity index (χ1) is 12.4. The van der Waals surface area contributed by atoms with Crippen molar-refractivity contribution in [2.75, 3.05) is 24.5 Å². The number of aromatic nitrogens is 3. The van der Waals surface area contributed by atoms with Gasteiger partial charge in [-0.3, -0.25) is 4.90 Å². The second kappa shape index (κ2) is 6.41. The van der Waals surface area contributed by atoms with E-state index in [-0.39, 0.29) is 0 Å². The molecule has 0 amide bonds. The first kappa shape index (κ1) is 15.3. The zero-order valence-corrected chi connectivity index (χ0v) is 14.6. The molecule has 0 radical (unpaired) electrons. The maximum absolute atomic E-state index is 5.68. The van der Waals surface area contributed by atoms with Crippen LogP contribution in [0.4, 0.5) is 5.82 Å². The molecule has 2 aromatic rings. The maximum atomic E-state index is 5.68. The van der Waals surface area contributed by atoms with Crippen LogP contribution >= 0.6 is 0 Å². The minimum absolute atomic E-state index is 0.312. The summed E-state index contributed by atoms with van der Waals surface area (Å²) in [5.41, 5.74) is 1.00. The van der Waals surface area contributed by atoms with E-state index in [1.807, 2.05) is 12.3 Å². The molecule has 0 spiro atoms. The molecule has 0 aromatic carbocycles. The monoisotopic (exact) mass is 339 g/mol. The van der Waals surface area contributed by atoms with Crippen LogP contribution in [-0.2, 0) is 0 Å².